The van der Waals surface area contributed by atoms with E-state index in [-0.39, 0.29) is 11.9 Å². The van der Waals surface area contributed by atoms with E-state index in [0.717, 1.165) is 19.5 Å². The van der Waals surface area contributed by atoms with Gasteiger partial charge in [0.05, 0.1) is 0 Å². The molecule has 124 valence electrons. The molecule has 0 spiro atoms. The fourth-order valence-electron chi connectivity index (χ4n) is 3.60. The summed E-state index contributed by atoms with van der Waals surface area (Å²) in [5.41, 5.74) is 0.596. The molecule has 23 heavy (non-hydrogen) atoms. The maximum atomic E-state index is 12.2. The van der Waals surface area contributed by atoms with E-state index in [4.69, 9.17) is 0 Å². The van der Waals surface area contributed by atoms with Gasteiger partial charge in [0.1, 0.15) is 5.54 Å². The summed E-state index contributed by atoms with van der Waals surface area (Å²) in [5.74, 6) is -0.122. The van der Waals surface area contributed by atoms with Crippen LogP contribution in [0, 0.1) is 0 Å². The van der Waals surface area contributed by atoms with Crippen LogP contribution < -0.4 is 5.32 Å². The van der Waals surface area contributed by atoms with Crippen molar-refractivity contribution in [1.29, 1.82) is 0 Å². The Bertz CT molecular complexity index is 585. The standard InChI is InChI=1S/C18H25N3O2/c1-18(2)16(22)21(17(23)19-18)13-7-12-20-11-6-10-15(20)14-8-4-3-5-9-14/h3-5,8-9,15H,6-7,10-13H2,1-2H3,(H,19,23)/t15-/m1/s1. The quantitative estimate of drug-likeness (QED) is 0.850. The highest BCUT2D eigenvalue weighted by Crippen LogP contribution is 2.31. The van der Waals surface area contributed by atoms with Crippen LogP contribution >= 0.6 is 0 Å². The fourth-order valence-corrected chi connectivity index (χ4v) is 3.60. The van der Waals surface area contributed by atoms with E-state index in [1.165, 1.54) is 23.3 Å². The Labute approximate surface area is 137 Å². The Morgan fingerprint density at radius 2 is 1.91 bits per heavy atom. The van der Waals surface area contributed by atoms with Crippen molar-refractivity contribution < 1.29 is 9.59 Å². The van der Waals surface area contributed by atoms with Gasteiger partial charge in [-0.1, -0.05) is 30.3 Å². The van der Waals surface area contributed by atoms with Crippen LogP contribution in [0.15, 0.2) is 30.3 Å². The second kappa shape index (κ2) is 6.32. The van der Waals surface area contributed by atoms with Crippen LogP contribution in [0.2, 0.25) is 0 Å². The van der Waals surface area contributed by atoms with Gasteiger partial charge in [0.25, 0.3) is 5.91 Å². The minimum absolute atomic E-state index is 0.122. The zero-order chi connectivity index (χ0) is 16.4. The molecule has 1 aromatic rings. The second-order valence-corrected chi connectivity index (χ2v) is 6.97. The molecule has 0 saturated carbocycles. The van der Waals surface area contributed by atoms with Crippen LogP contribution in [0.4, 0.5) is 4.79 Å². The molecule has 0 aromatic heterocycles. The summed E-state index contributed by atoms with van der Waals surface area (Å²) in [6, 6.07) is 10.8. The Kier molecular flexibility index (Phi) is 4.39. The molecule has 5 heteroatoms. The van der Waals surface area contributed by atoms with Gasteiger partial charge in [0, 0.05) is 19.1 Å². The van der Waals surface area contributed by atoms with Gasteiger partial charge in [-0.25, -0.2) is 4.79 Å². The van der Waals surface area contributed by atoms with Crippen molar-refractivity contribution in [2.24, 2.45) is 0 Å². The number of nitrogens with zero attached hydrogens (tertiary/aromatic N) is 2. The molecule has 3 amide bonds. The van der Waals surface area contributed by atoms with Crippen LogP contribution in [0.5, 0.6) is 0 Å². The molecule has 0 unspecified atom stereocenters. The van der Waals surface area contributed by atoms with Gasteiger partial charge < -0.3 is 5.32 Å². The number of carbonyl (C=O) groups is 2. The van der Waals surface area contributed by atoms with Crippen molar-refractivity contribution in [3.8, 4) is 0 Å². The first-order chi connectivity index (χ1) is 11.0. The minimum Gasteiger partial charge on any atom is -0.324 e. The van der Waals surface area contributed by atoms with Crippen LogP contribution in [0.1, 0.15) is 44.7 Å². The maximum Gasteiger partial charge on any atom is 0.325 e. The molecule has 2 aliphatic rings. The number of carbonyl (C=O) groups excluding carboxylic acids is 2. The largest absolute Gasteiger partial charge is 0.325 e. The molecule has 2 saturated heterocycles. The van der Waals surface area contributed by atoms with Gasteiger partial charge in [-0.3, -0.25) is 14.6 Å². The summed E-state index contributed by atoms with van der Waals surface area (Å²) in [5, 5.41) is 2.73. The van der Waals surface area contributed by atoms with Gasteiger partial charge in [-0.2, -0.15) is 0 Å². The Balaban J connectivity index is 1.55. The molecule has 1 aromatic carbocycles. The summed E-state index contributed by atoms with van der Waals surface area (Å²) in [7, 11) is 0. The summed E-state index contributed by atoms with van der Waals surface area (Å²) in [4.78, 5) is 27.9. The van der Waals surface area contributed by atoms with Crippen LogP contribution in [0.25, 0.3) is 0 Å². The molecule has 0 radical (unpaired) electrons. The van der Waals surface area contributed by atoms with Gasteiger partial charge in [-0.05, 0) is 45.2 Å². The zero-order valence-corrected chi connectivity index (χ0v) is 13.9. The predicted octanol–water partition coefficient (Wildman–Crippen LogP) is 2.54. The first-order valence-corrected chi connectivity index (χ1v) is 8.42. The van der Waals surface area contributed by atoms with Crippen molar-refractivity contribution in [2.45, 2.75) is 44.7 Å². The monoisotopic (exact) mass is 315 g/mol. The topological polar surface area (TPSA) is 52.7 Å². The minimum atomic E-state index is -0.767. The molecule has 0 bridgehead atoms. The van der Waals surface area contributed by atoms with E-state index >= 15 is 0 Å². The fraction of sp³-hybridized carbons (Fsp3) is 0.556. The molecule has 1 atom stereocenters. The number of rotatable bonds is 5. The summed E-state index contributed by atoms with van der Waals surface area (Å²) in [6.45, 7) is 5.99. The van der Waals surface area contributed by atoms with Gasteiger partial charge >= 0.3 is 6.03 Å². The highest BCUT2D eigenvalue weighted by Gasteiger charge is 2.43. The molecule has 5 nitrogen and oxygen atoms in total. The highest BCUT2D eigenvalue weighted by molar-refractivity contribution is 6.06. The van der Waals surface area contributed by atoms with E-state index in [9.17, 15) is 9.59 Å². The smallest absolute Gasteiger partial charge is 0.324 e. The number of amides is 3. The van der Waals surface area contributed by atoms with Gasteiger partial charge in [0.2, 0.25) is 0 Å². The maximum absolute atomic E-state index is 12.2. The van der Waals surface area contributed by atoms with Crippen molar-refractivity contribution in [1.82, 2.24) is 15.1 Å². The third-order valence-electron chi connectivity index (χ3n) is 4.82. The lowest BCUT2D eigenvalue weighted by molar-refractivity contribution is -0.130. The summed E-state index contributed by atoms with van der Waals surface area (Å²) >= 11 is 0. The second-order valence-electron chi connectivity index (χ2n) is 6.97. The van der Waals surface area contributed by atoms with Crippen molar-refractivity contribution in [3.05, 3.63) is 35.9 Å². The third-order valence-corrected chi connectivity index (χ3v) is 4.82. The average Bonchev–Trinajstić information content (AvgIpc) is 3.06. The van der Waals surface area contributed by atoms with Crippen LogP contribution in [0.3, 0.4) is 0 Å². The van der Waals surface area contributed by atoms with Crippen LogP contribution in [-0.2, 0) is 4.79 Å². The first-order valence-electron chi connectivity index (χ1n) is 8.42. The van der Waals surface area contributed by atoms with Crippen LogP contribution in [-0.4, -0.2) is 46.9 Å². The molecule has 2 fully saturated rings. The molecule has 0 aliphatic carbocycles. The van der Waals surface area contributed by atoms with Crippen molar-refractivity contribution >= 4 is 11.9 Å². The normalized spacial score (nSPS) is 24.3. The number of benzene rings is 1. The van der Waals surface area contributed by atoms with Crippen molar-refractivity contribution in [2.75, 3.05) is 19.6 Å². The molecule has 3 rings (SSSR count). The zero-order valence-electron chi connectivity index (χ0n) is 13.9. The van der Waals surface area contributed by atoms with Gasteiger partial charge in [0.15, 0.2) is 0 Å². The number of urea groups is 1. The number of hydrogen-bond donors (Lipinski definition) is 1. The highest BCUT2D eigenvalue weighted by atomic mass is 16.2. The number of nitrogens with one attached hydrogen (secondary N) is 1. The molecular formula is C18H25N3O2. The summed E-state index contributed by atoms with van der Waals surface area (Å²) in [6.07, 6.45) is 3.20. The van der Waals surface area contributed by atoms with E-state index in [0.29, 0.717) is 12.6 Å². The molecular weight excluding hydrogens is 290 g/mol. The average molecular weight is 315 g/mol. The Morgan fingerprint density at radius 3 is 2.57 bits per heavy atom. The lowest BCUT2D eigenvalue weighted by atomic mass is 10.0. The van der Waals surface area contributed by atoms with Crippen molar-refractivity contribution in [3.63, 3.8) is 0 Å². The Morgan fingerprint density at radius 1 is 1.17 bits per heavy atom. The third kappa shape index (κ3) is 3.24. The molecule has 1 N–H and O–H groups in total. The molecule has 2 heterocycles. The van der Waals surface area contributed by atoms with E-state index < -0.39 is 5.54 Å². The lowest BCUT2D eigenvalue weighted by Gasteiger charge is -2.25. The first kappa shape index (κ1) is 16.0. The number of likely N-dealkylation sites (tertiary alicyclic amines) is 1. The SMILES string of the molecule is CC1(C)NC(=O)N(CCCN2CCC[C@@H]2c2ccccc2)C1=O. The lowest BCUT2D eigenvalue weighted by Crippen LogP contribution is -2.40. The van der Waals surface area contributed by atoms with E-state index in [2.05, 4.69) is 34.5 Å². The Hall–Kier alpha value is -1.88. The number of imide groups is 1. The summed E-state index contributed by atoms with van der Waals surface area (Å²) < 4.78 is 0. The molecule has 2 aliphatic heterocycles. The number of hydrogen-bond acceptors (Lipinski definition) is 3. The predicted molar refractivity (Wildman–Crippen MR) is 88.9 cm³/mol. The van der Waals surface area contributed by atoms with E-state index in [1.54, 1.807) is 13.8 Å². The van der Waals surface area contributed by atoms with Gasteiger partial charge in [-0.15, -0.1) is 0 Å². The van der Waals surface area contributed by atoms with E-state index in [1.807, 2.05) is 6.07 Å².